The van der Waals surface area contributed by atoms with Crippen LogP contribution in [-0.4, -0.2) is 117 Å². The van der Waals surface area contributed by atoms with Crippen molar-refractivity contribution in [3.05, 3.63) is 93.0 Å². The standard InChI is InChI=1S/C44H53Cl2F2N3O12/c1-43(2,3)25-36-44(26-49,31-11-10-29(45)24-33(31)47)37(30-7-6-8-32(46)38(30)48)39(51-36)40(52)50-34-12-9-28(23-35(34)56-5)41(53)62-27-63-42(54)61-22-21-60-20-19-59-18-17-58-16-15-57-14-13-55-4/h6-12,23-24,36-37,39,51H,13-22,25,27H2,1-5H3,(H,50,52)/t36-,37-,39+,44-/m0/s1. The summed E-state index contributed by atoms with van der Waals surface area (Å²) in [7, 11) is 2.90. The van der Waals surface area contributed by atoms with Gasteiger partial charge in [-0.15, -0.1) is 0 Å². The van der Waals surface area contributed by atoms with E-state index < -0.39 is 65.3 Å². The van der Waals surface area contributed by atoms with Crippen LogP contribution in [0.4, 0.5) is 19.3 Å². The number of nitrogens with zero attached hydrogens (tertiary/aromatic N) is 1. The Kier molecular flexibility index (Phi) is 20.2. The van der Waals surface area contributed by atoms with Crippen LogP contribution >= 0.6 is 23.2 Å². The molecule has 15 nitrogen and oxygen atoms in total. The van der Waals surface area contributed by atoms with E-state index in [2.05, 4.69) is 16.7 Å². The third-order valence-electron chi connectivity index (χ3n) is 9.79. The first-order valence-corrected chi connectivity index (χ1v) is 20.7. The van der Waals surface area contributed by atoms with Crippen molar-refractivity contribution in [1.82, 2.24) is 5.32 Å². The highest BCUT2D eigenvalue weighted by atomic mass is 35.5. The molecule has 1 fully saturated rings. The van der Waals surface area contributed by atoms with Gasteiger partial charge in [-0.2, -0.15) is 5.26 Å². The van der Waals surface area contributed by atoms with Gasteiger partial charge in [0.2, 0.25) is 12.7 Å². The first kappa shape index (κ1) is 51.0. The van der Waals surface area contributed by atoms with Gasteiger partial charge < -0.3 is 53.3 Å². The lowest BCUT2D eigenvalue weighted by molar-refractivity contribution is -0.118. The zero-order chi connectivity index (χ0) is 46.0. The molecule has 1 saturated heterocycles. The van der Waals surface area contributed by atoms with Crippen molar-refractivity contribution in [2.75, 3.05) is 92.4 Å². The molecular weight excluding hydrogens is 871 g/mol. The largest absolute Gasteiger partial charge is 0.511 e. The molecule has 1 amide bonds. The Labute approximate surface area is 375 Å². The maximum atomic E-state index is 16.1. The summed E-state index contributed by atoms with van der Waals surface area (Å²) >= 11 is 12.4. The zero-order valence-corrected chi connectivity index (χ0v) is 37.3. The van der Waals surface area contributed by atoms with Gasteiger partial charge in [0.15, 0.2) is 0 Å². The molecule has 0 saturated carbocycles. The molecule has 0 aliphatic carbocycles. The Balaban J connectivity index is 1.35. The minimum Gasteiger partial charge on any atom is -0.495 e. The topological polar surface area (TPSA) is 182 Å². The number of anilines is 1. The van der Waals surface area contributed by atoms with Gasteiger partial charge in [-0.05, 0) is 53.8 Å². The van der Waals surface area contributed by atoms with E-state index in [4.69, 9.17) is 65.8 Å². The van der Waals surface area contributed by atoms with Crippen LogP contribution in [-0.2, 0) is 48.1 Å². The average molecular weight is 925 g/mol. The number of benzene rings is 3. The minimum absolute atomic E-state index is 0.0271. The van der Waals surface area contributed by atoms with Crippen molar-refractivity contribution < 1.29 is 65.8 Å². The fourth-order valence-corrected chi connectivity index (χ4v) is 7.37. The number of rotatable bonds is 24. The summed E-state index contributed by atoms with van der Waals surface area (Å²) < 4.78 is 78.6. The summed E-state index contributed by atoms with van der Waals surface area (Å²) in [6.45, 7) is 8.25. The number of esters is 1. The maximum Gasteiger partial charge on any atom is 0.511 e. The van der Waals surface area contributed by atoms with E-state index in [0.717, 1.165) is 6.07 Å². The number of halogens is 4. The van der Waals surface area contributed by atoms with Crippen molar-refractivity contribution in [1.29, 1.82) is 5.26 Å². The molecule has 19 heteroatoms. The zero-order valence-electron chi connectivity index (χ0n) is 35.8. The van der Waals surface area contributed by atoms with Gasteiger partial charge in [0, 0.05) is 29.7 Å². The van der Waals surface area contributed by atoms with Crippen LogP contribution in [0.1, 0.15) is 54.6 Å². The van der Waals surface area contributed by atoms with Crippen molar-refractivity contribution >= 4 is 46.9 Å². The fraction of sp³-hybridized carbons (Fsp3) is 0.500. The van der Waals surface area contributed by atoms with Crippen molar-refractivity contribution in [3.8, 4) is 11.8 Å². The van der Waals surface area contributed by atoms with Crippen molar-refractivity contribution in [2.45, 2.75) is 50.6 Å². The number of nitriles is 1. The van der Waals surface area contributed by atoms with Crippen molar-refractivity contribution in [3.63, 3.8) is 0 Å². The highest BCUT2D eigenvalue weighted by molar-refractivity contribution is 6.31. The summed E-state index contributed by atoms with van der Waals surface area (Å²) in [4.78, 5) is 39.3. The van der Waals surface area contributed by atoms with Crippen LogP contribution < -0.4 is 15.4 Å². The summed E-state index contributed by atoms with van der Waals surface area (Å²) in [5, 5.41) is 17.0. The summed E-state index contributed by atoms with van der Waals surface area (Å²) in [5.41, 5.74) is -2.38. The summed E-state index contributed by atoms with van der Waals surface area (Å²) in [5.74, 6) is -4.58. The first-order chi connectivity index (χ1) is 30.2. The van der Waals surface area contributed by atoms with E-state index in [1.54, 1.807) is 7.11 Å². The molecule has 0 unspecified atom stereocenters. The number of carbonyl (C=O) groups is 3. The number of ether oxygens (including phenoxy) is 9. The molecule has 0 radical (unpaired) electrons. The van der Waals surface area contributed by atoms with Gasteiger partial charge in [0.05, 0.1) is 95.0 Å². The lowest BCUT2D eigenvalue weighted by Gasteiger charge is -2.37. The van der Waals surface area contributed by atoms with Crippen LogP contribution in [0.5, 0.6) is 5.75 Å². The molecule has 4 rings (SSSR count). The molecule has 3 aromatic carbocycles. The fourth-order valence-electron chi connectivity index (χ4n) is 7.03. The molecular formula is C44H53Cl2F2N3O12. The number of nitrogens with one attached hydrogen (secondary N) is 2. The number of carbonyl (C=O) groups excluding carboxylic acids is 3. The summed E-state index contributed by atoms with van der Waals surface area (Å²) in [6, 6.07) is 12.2. The van der Waals surface area contributed by atoms with E-state index in [0.29, 0.717) is 46.2 Å². The van der Waals surface area contributed by atoms with E-state index in [1.807, 2.05) is 20.8 Å². The normalized spacial score (nSPS) is 18.4. The smallest absolute Gasteiger partial charge is 0.495 e. The van der Waals surface area contributed by atoms with E-state index in [1.165, 1.54) is 55.6 Å². The van der Waals surface area contributed by atoms with E-state index in [-0.39, 0.29) is 64.4 Å². The second-order valence-electron chi connectivity index (χ2n) is 15.3. The monoisotopic (exact) mass is 923 g/mol. The van der Waals surface area contributed by atoms with E-state index >= 15 is 8.78 Å². The highest BCUT2D eigenvalue weighted by Gasteiger charge is 2.61. The van der Waals surface area contributed by atoms with Crippen LogP contribution in [0, 0.1) is 28.4 Å². The Morgan fingerprint density at radius 2 is 1.46 bits per heavy atom. The Hall–Kier alpha value is -4.64. The number of methoxy groups -OCH3 is 2. The van der Waals surface area contributed by atoms with Gasteiger partial charge in [0.1, 0.15) is 29.4 Å². The molecule has 3 aromatic rings. The number of hydrogen-bond acceptors (Lipinski definition) is 14. The Morgan fingerprint density at radius 1 is 0.825 bits per heavy atom. The number of hydrogen-bond donors (Lipinski definition) is 2. The predicted octanol–water partition coefficient (Wildman–Crippen LogP) is 7.22. The SMILES string of the molecule is COCCOCCOCCOCCOCCOC(=O)OCOC(=O)c1ccc(NC(=O)[C@@H]2N[C@@H](CC(C)(C)C)[C@](C#N)(c3ccc(Cl)cc3F)[C@H]2c2cccc(Cl)c2F)c(OC)c1. The van der Waals surface area contributed by atoms with Crippen LogP contribution in [0.2, 0.25) is 10.0 Å². The predicted molar refractivity (Wildman–Crippen MR) is 227 cm³/mol. The van der Waals surface area contributed by atoms with Gasteiger partial charge in [-0.1, -0.05) is 62.2 Å². The maximum absolute atomic E-state index is 16.1. The van der Waals surface area contributed by atoms with Gasteiger partial charge in [0.25, 0.3) is 0 Å². The average Bonchev–Trinajstić information content (AvgIpc) is 3.56. The van der Waals surface area contributed by atoms with Gasteiger partial charge in [-0.3, -0.25) is 4.79 Å². The molecule has 0 spiro atoms. The summed E-state index contributed by atoms with van der Waals surface area (Å²) in [6.07, 6.45) is -0.829. The van der Waals surface area contributed by atoms with Gasteiger partial charge in [-0.25, -0.2) is 18.4 Å². The lowest BCUT2D eigenvalue weighted by Crippen LogP contribution is -2.45. The van der Waals surface area contributed by atoms with Crippen molar-refractivity contribution in [2.24, 2.45) is 5.41 Å². The van der Waals surface area contributed by atoms with Crippen LogP contribution in [0.15, 0.2) is 54.6 Å². The third kappa shape index (κ3) is 14.4. The lowest BCUT2D eigenvalue weighted by atomic mass is 9.62. The third-order valence-corrected chi connectivity index (χ3v) is 10.3. The molecule has 2 N–H and O–H groups in total. The highest BCUT2D eigenvalue weighted by Crippen LogP contribution is 2.53. The Bertz CT molecular complexity index is 2030. The molecule has 4 atom stereocenters. The molecule has 1 heterocycles. The van der Waals surface area contributed by atoms with E-state index in [9.17, 15) is 19.6 Å². The molecule has 0 aromatic heterocycles. The minimum atomic E-state index is -1.84. The second-order valence-corrected chi connectivity index (χ2v) is 16.2. The number of amides is 1. The Morgan fingerprint density at radius 3 is 2.05 bits per heavy atom. The molecule has 1 aliphatic rings. The van der Waals surface area contributed by atoms with Crippen LogP contribution in [0.3, 0.4) is 0 Å². The molecule has 344 valence electrons. The second kappa shape index (κ2) is 25.0. The molecule has 0 bridgehead atoms. The van der Waals surface area contributed by atoms with Gasteiger partial charge >= 0.3 is 12.1 Å². The van der Waals surface area contributed by atoms with Crippen LogP contribution in [0.25, 0.3) is 0 Å². The molecule has 63 heavy (non-hydrogen) atoms. The first-order valence-electron chi connectivity index (χ1n) is 20.0. The quantitative estimate of drug-likeness (QED) is 0.0522. The molecule has 1 aliphatic heterocycles.